The third-order valence-electron chi connectivity index (χ3n) is 3.57. The number of ether oxygens (including phenoxy) is 1. The van der Waals surface area contributed by atoms with Gasteiger partial charge in [-0.1, -0.05) is 30.3 Å². The van der Waals surface area contributed by atoms with Gasteiger partial charge < -0.3 is 10.5 Å². The van der Waals surface area contributed by atoms with Crippen LogP contribution >= 0.6 is 0 Å². The maximum atomic E-state index is 6.12. The van der Waals surface area contributed by atoms with E-state index in [0.29, 0.717) is 0 Å². The Bertz CT molecular complexity index is 777. The number of nitrogens with two attached hydrogens (primary N) is 1. The Morgan fingerprint density at radius 3 is 2.35 bits per heavy atom. The predicted molar refractivity (Wildman–Crippen MR) is 85.1 cm³/mol. The molecule has 0 saturated heterocycles. The molecule has 2 N–H and O–H groups in total. The van der Waals surface area contributed by atoms with Crippen LogP contribution in [0.2, 0.25) is 0 Å². The molecule has 0 aliphatic heterocycles. The normalized spacial score (nSPS) is 10.7. The molecule has 100 valence electrons. The van der Waals surface area contributed by atoms with Crippen molar-refractivity contribution < 1.29 is 4.74 Å². The van der Waals surface area contributed by atoms with Gasteiger partial charge in [-0.3, -0.25) is 0 Å². The molecule has 3 aromatic rings. The molecule has 0 aliphatic rings. The van der Waals surface area contributed by atoms with Gasteiger partial charge in [0.2, 0.25) is 0 Å². The van der Waals surface area contributed by atoms with E-state index in [1.54, 1.807) is 7.11 Å². The van der Waals surface area contributed by atoms with Crippen LogP contribution in [0, 0.1) is 6.92 Å². The lowest BCUT2D eigenvalue weighted by atomic mass is 9.99. The first-order chi connectivity index (χ1) is 9.67. The molecule has 0 amide bonds. The van der Waals surface area contributed by atoms with Gasteiger partial charge in [-0.05, 0) is 53.1 Å². The largest absolute Gasteiger partial charge is 0.497 e. The minimum absolute atomic E-state index is 0.817. The minimum atomic E-state index is 0.817. The summed E-state index contributed by atoms with van der Waals surface area (Å²) in [4.78, 5) is 0. The standard InChI is InChI=1S/C18H17NO/c1-12-3-8-17(18(19)9-12)15-5-4-14-11-16(20-2)7-6-13(14)10-15/h3-11H,19H2,1-2H3. The van der Waals surface area contributed by atoms with E-state index in [-0.39, 0.29) is 0 Å². The van der Waals surface area contributed by atoms with E-state index in [1.807, 2.05) is 25.1 Å². The van der Waals surface area contributed by atoms with Crippen molar-refractivity contribution in [2.45, 2.75) is 6.92 Å². The van der Waals surface area contributed by atoms with Gasteiger partial charge in [0.05, 0.1) is 7.11 Å². The third kappa shape index (κ3) is 2.21. The second kappa shape index (κ2) is 4.89. The van der Waals surface area contributed by atoms with Crippen LogP contribution in [0.4, 0.5) is 5.69 Å². The molecular weight excluding hydrogens is 246 g/mol. The van der Waals surface area contributed by atoms with Crippen molar-refractivity contribution in [3.63, 3.8) is 0 Å². The number of nitrogen functional groups attached to an aromatic ring is 1. The summed E-state index contributed by atoms with van der Waals surface area (Å²) in [5.74, 6) is 0.875. The molecule has 3 rings (SSSR count). The van der Waals surface area contributed by atoms with Crippen LogP contribution in [-0.2, 0) is 0 Å². The van der Waals surface area contributed by atoms with E-state index < -0.39 is 0 Å². The number of methoxy groups -OCH3 is 1. The first-order valence-corrected chi connectivity index (χ1v) is 6.62. The fraction of sp³-hybridized carbons (Fsp3) is 0.111. The lowest BCUT2D eigenvalue weighted by Crippen LogP contribution is -1.91. The first kappa shape index (κ1) is 12.5. The zero-order chi connectivity index (χ0) is 14.1. The summed E-state index contributed by atoms with van der Waals surface area (Å²) in [5, 5.41) is 2.35. The summed E-state index contributed by atoms with van der Waals surface area (Å²) in [6, 6.07) is 18.6. The molecule has 0 bridgehead atoms. The summed E-state index contributed by atoms with van der Waals surface area (Å²) in [6.07, 6.45) is 0. The molecule has 0 heterocycles. The summed E-state index contributed by atoms with van der Waals surface area (Å²) >= 11 is 0. The number of hydrogen-bond donors (Lipinski definition) is 1. The van der Waals surface area contributed by atoms with Crippen molar-refractivity contribution in [2.24, 2.45) is 0 Å². The lowest BCUT2D eigenvalue weighted by Gasteiger charge is -2.09. The third-order valence-corrected chi connectivity index (χ3v) is 3.57. The molecule has 0 atom stereocenters. The van der Waals surface area contributed by atoms with E-state index >= 15 is 0 Å². The van der Waals surface area contributed by atoms with Crippen LogP contribution < -0.4 is 10.5 Å². The summed E-state index contributed by atoms with van der Waals surface area (Å²) < 4.78 is 5.25. The Kier molecular flexibility index (Phi) is 3.07. The Morgan fingerprint density at radius 1 is 0.850 bits per heavy atom. The number of anilines is 1. The minimum Gasteiger partial charge on any atom is -0.497 e. The van der Waals surface area contributed by atoms with Crippen molar-refractivity contribution in [3.05, 3.63) is 60.2 Å². The Hall–Kier alpha value is -2.48. The van der Waals surface area contributed by atoms with E-state index in [1.165, 1.54) is 16.3 Å². The highest BCUT2D eigenvalue weighted by molar-refractivity contribution is 5.90. The highest BCUT2D eigenvalue weighted by Crippen LogP contribution is 2.30. The van der Waals surface area contributed by atoms with Crippen LogP contribution in [0.25, 0.3) is 21.9 Å². The zero-order valence-corrected chi connectivity index (χ0v) is 11.7. The zero-order valence-electron chi connectivity index (χ0n) is 11.7. The van der Waals surface area contributed by atoms with Crippen molar-refractivity contribution in [2.75, 3.05) is 12.8 Å². The average molecular weight is 263 g/mol. The average Bonchev–Trinajstić information content (AvgIpc) is 2.46. The van der Waals surface area contributed by atoms with Gasteiger partial charge in [0, 0.05) is 11.3 Å². The number of benzene rings is 3. The highest BCUT2D eigenvalue weighted by atomic mass is 16.5. The topological polar surface area (TPSA) is 35.2 Å². The Labute approximate surface area is 118 Å². The van der Waals surface area contributed by atoms with Gasteiger partial charge >= 0.3 is 0 Å². The van der Waals surface area contributed by atoms with E-state index in [9.17, 15) is 0 Å². The van der Waals surface area contributed by atoms with Gasteiger partial charge in [0.1, 0.15) is 5.75 Å². The van der Waals surface area contributed by atoms with Crippen LogP contribution in [0.1, 0.15) is 5.56 Å². The molecule has 0 spiro atoms. The maximum absolute atomic E-state index is 6.12. The lowest BCUT2D eigenvalue weighted by molar-refractivity contribution is 0.415. The fourth-order valence-corrected chi connectivity index (χ4v) is 2.46. The van der Waals surface area contributed by atoms with Crippen molar-refractivity contribution >= 4 is 16.5 Å². The number of rotatable bonds is 2. The van der Waals surface area contributed by atoms with Gasteiger partial charge in [0.15, 0.2) is 0 Å². The van der Waals surface area contributed by atoms with E-state index in [0.717, 1.165) is 22.6 Å². The number of aryl methyl sites for hydroxylation is 1. The molecule has 0 aromatic heterocycles. The first-order valence-electron chi connectivity index (χ1n) is 6.62. The molecule has 2 nitrogen and oxygen atoms in total. The monoisotopic (exact) mass is 263 g/mol. The highest BCUT2D eigenvalue weighted by Gasteiger charge is 2.04. The second-order valence-corrected chi connectivity index (χ2v) is 5.02. The smallest absolute Gasteiger partial charge is 0.119 e. The summed E-state index contributed by atoms with van der Waals surface area (Å²) in [7, 11) is 1.68. The quantitative estimate of drug-likeness (QED) is 0.695. The molecule has 0 fully saturated rings. The van der Waals surface area contributed by atoms with E-state index in [2.05, 4.69) is 36.4 Å². The Balaban J connectivity index is 2.13. The van der Waals surface area contributed by atoms with Gasteiger partial charge in [-0.15, -0.1) is 0 Å². The van der Waals surface area contributed by atoms with Crippen LogP contribution in [-0.4, -0.2) is 7.11 Å². The second-order valence-electron chi connectivity index (χ2n) is 5.02. The number of fused-ring (bicyclic) bond motifs is 1. The van der Waals surface area contributed by atoms with Gasteiger partial charge in [0.25, 0.3) is 0 Å². The van der Waals surface area contributed by atoms with Gasteiger partial charge in [-0.2, -0.15) is 0 Å². The molecular formula is C18H17NO. The molecule has 2 heteroatoms. The van der Waals surface area contributed by atoms with Crippen molar-refractivity contribution in [1.29, 1.82) is 0 Å². The SMILES string of the molecule is COc1ccc2cc(-c3ccc(C)cc3N)ccc2c1. The summed E-state index contributed by atoms with van der Waals surface area (Å²) in [6.45, 7) is 2.05. The molecule has 20 heavy (non-hydrogen) atoms. The van der Waals surface area contributed by atoms with E-state index in [4.69, 9.17) is 10.5 Å². The summed E-state index contributed by atoms with van der Waals surface area (Å²) in [5.41, 5.74) is 10.3. The molecule has 3 aromatic carbocycles. The molecule has 0 saturated carbocycles. The fourth-order valence-electron chi connectivity index (χ4n) is 2.46. The maximum Gasteiger partial charge on any atom is 0.119 e. The molecule has 0 radical (unpaired) electrons. The molecule has 0 unspecified atom stereocenters. The van der Waals surface area contributed by atoms with Crippen molar-refractivity contribution in [1.82, 2.24) is 0 Å². The predicted octanol–water partition coefficient (Wildman–Crippen LogP) is 4.41. The van der Waals surface area contributed by atoms with Crippen LogP contribution in [0.3, 0.4) is 0 Å². The number of hydrogen-bond acceptors (Lipinski definition) is 2. The van der Waals surface area contributed by atoms with Crippen molar-refractivity contribution in [3.8, 4) is 16.9 Å². The van der Waals surface area contributed by atoms with Crippen LogP contribution in [0.15, 0.2) is 54.6 Å². The van der Waals surface area contributed by atoms with Crippen LogP contribution in [0.5, 0.6) is 5.75 Å². The molecule has 0 aliphatic carbocycles. The van der Waals surface area contributed by atoms with Gasteiger partial charge in [-0.25, -0.2) is 0 Å². The Morgan fingerprint density at radius 2 is 1.60 bits per heavy atom.